The van der Waals surface area contributed by atoms with Crippen LogP contribution in [0.1, 0.15) is 88.4 Å². The molecule has 1 rings (SSSR count). The predicted octanol–water partition coefficient (Wildman–Crippen LogP) is 5.29. The van der Waals surface area contributed by atoms with Crippen molar-refractivity contribution in [1.82, 2.24) is 5.32 Å². The van der Waals surface area contributed by atoms with Crippen LogP contribution in [0.25, 0.3) is 0 Å². The molecular formula is C21H33NO2. The summed E-state index contributed by atoms with van der Waals surface area (Å²) in [6.07, 6.45) is 11.7. The lowest BCUT2D eigenvalue weighted by Crippen LogP contribution is -2.38. The van der Waals surface area contributed by atoms with Crippen LogP contribution in [0.15, 0.2) is 30.3 Å². The zero-order valence-electron chi connectivity index (χ0n) is 15.4. The number of rotatable bonds is 13. The normalized spacial score (nSPS) is 11.9. The van der Waals surface area contributed by atoms with E-state index in [1.54, 1.807) is 19.1 Å². The van der Waals surface area contributed by atoms with Gasteiger partial charge in [-0.3, -0.25) is 9.59 Å². The van der Waals surface area contributed by atoms with Gasteiger partial charge in [-0.05, 0) is 13.3 Å². The van der Waals surface area contributed by atoms with Crippen molar-refractivity contribution in [2.24, 2.45) is 0 Å². The molecule has 1 aromatic rings. The molecule has 0 bridgehead atoms. The van der Waals surface area contributed by atoms with Crippen molar-refractivity contribution in [2.75, 3.05) is 0 Å². The van der Waals surface area contributed by atoms with E-state index in [0.29, 0.717) is 12.0 Å². The van der Waals surface area contributed by atoms with E-state index in [1.807, 2.05) is 18.2 Å². The van der Waals surface area contributed by atoms with E-state index in [4.69, 9.17) is 0 Å². The Kier molecular flexibility index (Phi) is 10.8. The van der Waals surface area contributed by atoms with Crippen LogP contribution in [0, 0.1) is 0 Å². The van der Waals surface area contributed by atoms with E-state index in [9.17, 15) is 9.59 Å². The zero-order chi connectivity index (χ0) is 17.6. The van der Waals surface area contributed by atoms with E-state index in [0.717, 1.165) is 12.8 Å². The molecule has 0 radical (unpaired) electrons. The molecule has 0 heterocycles. The number of Topliss-reactive ketones (excluding diaryl/α,β-unsaturated/α-hetero) is 1. The van der Waals surface area contributed by atoms with Crippen LogP contribution < -0.4 is 5.32 Å². The van der Waals surface area contributed by atoms with Gasteiger partial charge in [0.15, 0.2) is 5.78 Å². The van der Waals surface area contributed by atoms with Gasteiger partial charge in [0.2, 0.25) is 5.91 Å². The highest BCUT2D eigenvalue weighted by atomic mass is 16.2. The summed E-state index contributed by atoms with van der Waals surface area (Å²) in [5.74, 6) is -0.0502. The molecule has 1 N–H and O–H groups in total. The van der Waals surface area contributed by atoms with Gasteiger partial charge in [0.05, 0.1) is 6.04 Å². The number of carbonyl (C=O) groups is 2. The number of hydrogen-bond donors (Lipinski definition) is 1. The molecule has 3 heteroatoms. The zero-order valence-corrected chi connectivity index (χ0v) is 15.4. The Labute approximate surface area is 147 Å². The summed E-state index contributed by atoms with van der Waals surface area (Å²) >= 11 is 0. The maximum absolute atomic E-state index is 12.2. The van der Waals surface area contributed by atoms with Crippen molar-refractivity contribution >= 4 is 11.7 Å². The molecule has 0 fully saturated rings. The summed E-state index contributed by atoms with van der Waals surface area (Å²) in [7, 11) is 0. The Morgan fingerprint density at radius 2 is 1.42 bits per heavy atom. The average molecular weight is 332 g/mol. The Morgan fingerprint density at radius 3 is 2.00 bits per heavy atom. The summed E-state index contributed by atoms with van der Waals surface area (Å²) in [6.45, 7) is 3.99. The molecule has 0 aliphatic carbocycles. The number of hydrogen-bond acceptors (Lipinski definition) is 2. The first kappa shape index (κ1) is 20.4. The Balaban J connectivity index is 2.08. The van der Waals surface area contributed by atoms with E-state index < -0.39 is 6.04 Å². The van der Waals surface area contributed by atoms with Crippen LogP contribution in [0.2, 0.25) is 0 Å². The van der Waals surface area contributed by atoms with E-state index in [2.05, 4.69) is 12.2 Å². The lowest BCUT2D eigenvalue weighted by Gasteiger charge is -2.13. The number of unbranched alkanes of at least 4 members (excludes halogenated alkanes) is 8. The van der Waals surface area contributed by atoms with Gasteiger partial charge in [-0.25, -0.2) is 0 Å². The molecule has 0 aromatic heterocycles. The standard InChI is InChI=1S/C21H33NO2/c1-3-4-5-6-7-8-9-10-14-17-20(23)22-18(2)21(24)19-15-12-11-13-16-19/h11-13,15-16,18H,3-10,14,17H2,1-2H3,(H,22,23). The number of carbonyl (C=O) groups excluding carboxylic acids is 2. The molecule has 0 saturated carbocycles. The Morgan fingerprint density at radius 1 is 0.875 bits per heavy atom. The summed E-state index contributed by atoms with van der Waals surface area (Å²) in [5, 5.41) is 2.81. The van der Waals surface area contributed by atoms with Gasteiger partial charge < -0.3 is 5.32 Å². The van der Waals surface area contributed by atoms with Crippen molar-refractivity contribution in [3.05, 3.63) is 35.9 Å². The van der Waals surface area contributed by atoms with Crippen molar-refractivity contribution in [3.63, 3.8) is 0 Å². The molecule has 134 valence electrons. The first-order chi connectivity index (χ1) is 11.6. The largest absolute Gasteiger partial charge is 0.346 e. The fraction of sp³-hybridized carbons (Fsp3) is 0.619. The number of nitrogens with one attached hydrogen (secondary N) is 1. The van der Waals surface area contributed by atoms with E-state index >= 15 is 0 Å². The third kappa shape index (κ3) is 8.85. The van der Waals surface area contributed by atoms with Crippen molar-refractivity contribution in [3.8, 4) is 0 Å². The third-order valence-electron chi connectivity index (χ3n) is 4.34. The van der Waals surface area contributed by atoms with Gasteiger partial charge in [0.25, 0.3) is 0 Å². The SMILES string of the molecule is CCCCCCCCCCCC(=O)NC(C)C(=O)c1ccccc1. The Hall–Kier alpha value is -1.64. The van der Waals surface area contributed by atoms with Crippen LogP contribution in [0.5, 0.6) is 0 Å². The molecule has 0 saturated heterocycles. The fourth-order valence-corrected chi connectivity index (χ4v) is 2.83. The number of amides is 1. The lowest BCUT2D eigenvalue weighted by molar-refractivity contribution is -0.121. The molecule has 1 atom stereocenters. The van der Waals surface area contributed by atoms with Crippen LogP contribution in [0.3, 0.4) is 0 Å². The first-order valence-electron chi connectivity index (χ1n) is 9.53. The van der Waals surface area contributed by atoms with Crippen LogP contribution in [-0.4, -0.2) is 17.7 Å². The molecule has 24 heavy (non-hydrogen) atoms. The summed E-state index contributed by atoms with van der Waals surface area (Å²) < 4.78 is 0. The minimum atomic E-state index is -0.460. The molecular weight excluding hydrogens is 298 g/mol. The average Bonchev–Trinajstić information content (AvgIpc) is 2.60. The van der Waals surface area contributed by atoms with Gasteiger partial charge in [0.1, 0.15) is 0 Å². The minimum Gasteiger partial charge on any atom is -0.346 e. The van der Waals surface area contributed by atoms with Gasteiger partial charge in [0, 0.05) is 12.0 Å². The molecule has 0 aliphatic rings. The predicted molar refractivity (Wildman–Crippen MR) is 100 cm³/mol. The van der Waals surface area contributed by atoms with Gasteiger partial charge >= 0.3 is 0 Å². The second kappa shape index (κ2) is 12.7. The minimum absolute atomic E-state index is 0.0188. The van der Waals surface area contributed by atoms with Crippen LogP contribution >= 0.6 is 0 Å². The molecule has 1 amide bonds. The highest BCUT2D eigenvalue weighted by Crippen LogP contribution is 2.10. The summed E-state index contributed by atoms with van der Waals surface area (Å²) in [5.41, 5.74) is 0.647. The van der Waals surface area contributed by atoms with Crippen LogP contribution in [-0.2, 0) is 4.79 Å². The molecule has 1 aromatic carbocycles. The van der Waals surface area contributed by atoms with Gasteiger partial charge in [-0.15, -0.1) is 0 Å². The molecule has 3 nitrogen and oxygen atoms in total. The first-order valence-corrected chi connectivity index (χ1v) is 9.53. The fourth-order valence-electron chi connectivity index (χ4n) is 2.83. The summed E-state index contributed by atoms with van der Waals surface area (Å²) in [4.78, 5) is 24.1. The highest BCUT2D eigenvalue weighted by molar-refractivity contribution is 6.01. The molecule has 0 aliphatic heterocycles. The third-order valence-corrected chi connectivity index (χ3v) is 4.34. The quantitative estimate of drug-likeness (QED) is 0.394. The van der Waals surface area contributed by atoms with Crippen molar-refractivity contribution < 1.29 is 9.59 Å². The van der Waals surface area contributed by atoms with Crippen molar-refractivity contribution in [1.29, 1.82) is 0 Å². The van der Waals surface area contributed by atoms with E-state index in [-0.39, 0.29) is 11.7 Å². The van der Waals surface area contributed by atoms with Crippen molar-refractivity contribution in [2.45, 2.75) is 84.1 Å². The highest BCUT2D eigenvalue weighted by Gasteiger charge is 2.16. The Bertz CT molecular complexity index is 470. The van der Waals surface area contributed by atoms with Gasteiger partial charge in [-0.2, -0.15) is 0 Å². The summed E-state index contributed by atoms with van der Waals surface area (Å²) in [6, 6.07) is 8.66. The smallest absolute Gasteiger partial charge is 0.220 e. The topological polar surface area (TPSA) is 46.2 Å². The second-order valence-electron chi connectivity index (χ2n) is 6.60. The molecule has 1 unspecified atom stereocenters. The molecule has 0 spiro atoms. The number of benzene rings is 1. The second-order valence-corrected chi connectivity index (χ2v) is 6.60. The maximum Gasteiger partial charge on any atom is 0.220 e. The van der Waals surface area contributed by atoms with Crippen LogP contribution in [0.4, 0.5) is 0 Å². The maximum atomic E-state index is 12.2. The lowest BCUT2D eigenvalue weighted by atomic mass is 10.0. The van der Waals surface area contributed by atoms with E-state index in [1.165, 1.54) is 44.9 Å². The number of ketones is 1. The van der Waals surface area contributed by atoms with Gasteiger partial charge in [-0.1, -0.05) is 88.6 Å². The monoisotopic (exact) mass is 331 g/mol.